The summed E-state index contributed by atoms with van der Waals surface area (Å²) in [6.45, 7) is 9.02. The van der Waals surface area contributed by atoms with Crippen LogP contribution in [0.5, 0.6) is 0 Å². The van der Waals surface area contributed by atoms with Crippen LogP contribution in [0.25, 0.3) is 0 Å². The predicted molar refractivity (Wildman–Crippen MR) is 108 cm³/mol. The molecule has 5 heteroatoms. The smallest absolute Gasteiger partial charge is 0.222 e. The minimum atomic E-state index is 0.00397. The highest BCUT2D eigenvalue weighted by molar-refractivity contribution is 5.75. The van der Waals surface area contributed by atoms with Gasteiger partial charge in [-0.25, -0.2) is 0 Å². The highest BCUT2D eigenvalue weighted by Gasteiger charge is 2.42. The first-order chi connectivity index (χ1) is 13.2. The number of nitrogens with zero attached hydrogens (tertiary/aromatic N) is 3. The molecule has 148 valence electrons. The molecule has 1 aromatic carbocycles. The van der Waals surface area contributed by atoms with Gasteiger partial charge in [-0.1, -0.05) is 25.1 Å². The van der Waals surface area contributed by atoms with Crippen molar-refractivity contribution in [2.45, 2.75) is 50.7 Å². The number of amides is 1. The lowest BCUT2D eigenvalue weighted by Gasteiger charge is -2.50. The van der Waals surface area contributed by atoms with Crippen molar-refractivity contribution in [1.82, 2.24) is 9.80 Å². The first-order valence-corrected chi connectivity index (χ1v) is 10.6. The molecule has 0 aliphatic carbocycles. The largest absolute Gasteiger partial charge is 0.375 e. The summed E-state index contributed by atoms with van der Waals surface area (Å²) in [6.07, 6.45) is 4.89. The van der Waals surface area contributed by atoms with E-state index in [-0.39, 0.29) is 11.5 Å². The zero-order valence-corrected chi connectivity index (χ0v) is 16.6. The van der Waals surface area contributed by atoms with E-state index in [9.17, 15) is 4.79 Å². The lowest BCUT2D eigenvalue weighted by Crippen LogP contribution is -2.57. The van der Waals surface area contributed by atoms with E-state index in [1.165, 1.54) is 5.69 Å². The molecule has 4 rings (SSSR count). The number of benzene rings is 1. The second-order valence-electron chi connectivity index (χ2n) is 8.27. The standard InChI is InChI=1S/C22H33N3O2/c1-2-21(26)25-11-9-22(10-12-25)18-20(8-17-27-22)24-15-13-23(14-16-24)19-6-4-3-5-7-19/h3-7,20H,2,8-18H2,1H3/t20-/m0/s1. The van der Waals surface area contributed by atoms with Gasteiger partial charge in [0.1, 0.15) is 0 Å². The normalized spacial score (nSPS) is 26.3. The summed E-state index contributed by atoms with van der Waals surface area (Å²) in [5.74, 6) is 0.286. The molecule has 1 amide bonds. The number of hydrogen-bond acceptors (Lipinski definition) is 4. The van der Waals surface area contributed by atoms with Crippen LogP contribution in [0, 0.1) is 0 Å². The number of ether oxygens (including phenoxy) is 1. The van der Waals surface area contributed by atoms with Crippen LogP contribution in [0.15, 0.2) is 30.3 Å². The Labute approximate surface area is 163 Å². The van der Waals surface area contributed by atoms with Crippen molar-refractivity contribution in [1.29, 1.82) is 0 Å². The number of hydrogen-bond donors (Lipinski definition) is 0. The number of carbonyl (C=O) groups is 1. The second kappa shape index (κ2) is 8.19. The van der Waals surface area contributed by atoms with E-state index in [0.717, 1.165) is 71.6 Å². The van der Waals surface area contributed by atoms with Gasteiger partial charge < -0.3 is 14.5 Å². The van der Waals surface area contributed by atoms with Crippen LogP contribution in [0.3, 0.4) is 0 Å². The zero-order chi connectivity index (χ0) is 18.7. The van der Waals surface area contributed by atoms with Crippen LogP contribution in [-0.4, -0.2) is 73.2 Å². The molecular weight excluding hydrogens is 338 g/mol. The fraction of sp³-hybridized carbons (Fsp3) is 0.682. The Morgan fingerprint density at radius 1 is 1.07 bits per heavy atom. The van der Waals surface area contributed by atoms with Crippen LogP contribution >= 0.6 is 0 Å². The summed E-state index contributed by atoms with van der Waals surface area (Å²) in [7, 11) is 0. The number of rotatable bonds is 3. The number of carbonyl (C=O) groups excluding carboxylic acids is 1. The van der Waals surface area contributed by atoms with Crippen molar-refractivity contribution in [2.75, 3.05) is 50.8 Å². The Morgan fingerprint density at radius 3 is 2.44 bits per heavy atom. The van der Waals surface area contributed by atoms with E-state index in [1.807, 2.05) is 11.8 Å². The van der Waals surface area contributed by atoms with Gasteiger partial charge in [0.25, 0.3) is 0 Å². The maximum absolute atomic E-state index is 12.0. The summed E-state index contributed by atoms with van der Waals surface area (Å²) in [5, 5.41) is 0. The van der Waals surface area contributed by atoms with Gasteiger partial charge in [-0.2, -0.15) is 0 Å². The molecule has 27 heavy (non-hydrogen) atoms. The summed E-state index contributed by atoms with van der Waals surface area (Å²) >= 11 is 0. The SMILES string of the molecule is CCC(=O)N1CCC2(CC1)C[C@@H](N1CCN(c3ccccc3)CC1)CCO2. The van der Waals surface area contributed by atoms with Crippen molar-refractivity contribution in [3.05, 3.63) is 30.3 Å². The van der Waals surface area contributed by atoms with Gasteiger partial charge in [-0.15, -0.1) is 0 Å². The molecule has 5 nitrogen and oxygen atoms in total. The lowest BCUT2D eigenvalue weighted by molar-refractivity contribution is -0.149. The van der Waals surface area contributed by atoms with Crippen LogP contribution in [0.4, 0.5) is 5.69 Å². The minimum Gasteiger partial charge on any atom is -0.375 e. The molecule has 3 aliphatic rings. The van der Waals surface area contributed by atoms with Gasteiger partial charge >= 0.3 is 0 Å². The number of piperidine rings is 1. The van der Waals surface area contributed by atoms with Crippen LogP contribution in [0.2, 0.25) is 0 Å². The van der Waals surface area contributed by atoms with Crippen molar-refractivity contribution < 1.29 is 9.53 Å². The quantitative estimate of drug-likeness (QED) is 0.819. The third-order valence-electron chi connectivity index (χ3n) is 6.75. The molecule has 3 heterocycles. The monoisotopic (exact) mass is 371 g/mol. The van der Waals surface area contributed by atoms with E-state index in [2.05, 4.69) is 40.1 Å². The fourth-order valence-electron chi connectivity index (χ4n) is 5.03. The summed E-state index contributed by atoms with van der Waals surface area (Å²) in [6, 6.07) is 11.4. The van der Waals surface area contributed by atoms with Crippen LogP contribution in [-0.2, 0) is 9.53 Å². The third kappa shape index (κ3) is 4.14. The molecule has 3 aliphatic heterocycles. The molecule has 1 aromatic rings. The maximum Gasteiger partial charge on any atom is 0.222 e. The minimum absolute atomic E-state index is 0.00397. The first-order valence-electron chi connectivity index (χ1n) is 10.6. The van der Waals surface area contributed by atoms with Gasteiger partial charge in [-0.05, 0) is 37.8 Å². The number of para-hydroxylation sites is 1. The van der Waals surface area contributed by atoms with Gasteiger partial charge in [0, 0.05) is 64.0 Å². The fourth-order valence-corrected chi connectivity index (χ4v) is 5.03. The number of anilines is 1. The molecule has 0 radical (unpaired) electrons. The summed E-state index contributed by atoms with van der Waals surface area (Å²) in [4.78, 5) is 19.2. The van der Waals surface area contributed by atoms with Gasteiger partial charge in [0.2, 0.25) is 5.91 Å². The second-order valence-corrected chi connectivity index (χ2v) is 8.27. The Morgan fingerprint density at radius 2 is 1.78 bits per heavy atom. The first kappa shape index (κ1) is 18.8. The van der Waals surface area contributed by atoms with E-state index in [0.29, 0.717) is 12.5 Å². The van der Waals surface area contributed by atoms with Crippen LogP contribution in [0.1, 0.15) is 39.0 Å². The average Bonchev–Trinajstić information content (AvgIpc) is 2.74. The predicted octanol–water partition coefficient (Wildman–Crippen LogP) is 2.76. The van der Waals surface area contributed by atoms with Crippen molar-refractivity contribution >= 4 is 11.6 Å². The molecule has 1 spiro atoms. The molecule has 0 saturated carbocycles. The summed E-state index contributed by atoms with van der Waals surface area (Å²) < 4.78 is 6.30. The molecule has 0 unspecified atom stereocenters. The zero-order valence-electron chi connectivity index (χ0n) is 16.6. The van der Waals surface area contributed by atoms with E-state index in [1.54, 1.807) is 0 Å². The molecule has 1 atom stereocenters. The van der Waals surface area contributed by atoms with Crippen molar-refractivity contribution in [3.63, 3.8) is 0 Å². The number of piperazine rings is 1. The van der Waals surface area contributed by atoms with Gasteiger partial charge in [0.05, 0.1) is 5.60 Å². The van der Waals surface area contributed by atoms with Gasteiger partial charge in [-0.3, -0.25) is 9.69 Å². The van der Waals surface area contributed by atoms with Gasteiger partial charge in [0.15, 0.2) is 0 Å². The van der Waals surface area contributed by atoms with E-state index < -0.39 is 0 Å². The lowest BCUT2D eigenvalue weighted by atomic mass is 9.81. The molecule has 0 aromatic heterocycles. The Balaban J connectivity index is 1.31. The molecule has 0 N–H and O–H groups in total. The molecular formula is C22H33N3O2. The molecule has 3 saturated heterocycles. The molecule has 0 bridgehead atoms. The van der Waals surface area contributed by atoms with Crippen molar-refractivity contribution in [2.24, 2.45) is 0 Å². The van der Waals surface area contributed by atoms with Crippen LogP contribution < -0.4 is 4.90 Å². The van der Waals surface area contributed by atoms with Crippen molar-refractivity contribution in [3.8, 4) is 0 Å². The maximum atomic E-state index is 12.0. The Bertz CT molecular complexity index is 620. The number of likely N-dealkylation sites (tertiary alicyclic amines) is 1. The van der Waals surface area contributed by atoms with E-state index >= 15 is 0 Å². The Kier molecular flexibility index (Phi) is 5.69. The highest BCUT2D eigenvalue weighted by atomic mass is 16.5. The molecule has 3 fully saturated rings. The Hall–Kier alpha value is -1.59. The topological polar surface area (TPSA) is 36.0 Å². The average molecular weight is 372 g/mol. The van der Waals surface area contributed by atoms with E-state index in [4.69, 9.17) is 4.74 Å². The third-order valence-corrected chi connectivity index (χ3v) is 6.75. The summed E-state index contributed by atoms with van der Waals surface area (Å²) in [5.41, 5.74) is 1.35. The highest BCUT2D eigenvalue weighted by Crippen LogP contribution is 2.37.